The van der Waals surface area contributed by atoms with Gasteiger partial charge in [0.05, 0.1) is 5.69 Å². The molecule has 0 saturated heterocycles. The third-order valence-electron chi connectivity index (χ3n) is 2.41. The molecule has 0 spiro atoms. The lowest BCUT2D eigenvalue weighted by atomic mass is 10.2. The molecule has 1 aromatic carbocycles. The van der Waals surface area contributed by atoms with E-state index in [1.165, 1.54) is 0 Å². The van der Waals surface area contributed by atoms with E-state index in [-0.39, 0.29) is 5.82 Å². The Balaban J connectivity index is 2.55. The van der Waals surface area contributed by atoms with Crippen molar-refractivity contribution in [2.45, 2.75) is 13.1 Å². The average molecular weight is 276 g/mol. The molecule has 96 valence electrons. The van der Waals surface area contributed by atoms with E-state index in [2.05, 4.69) is 5.10 Å². The van der Waals surface area contributed by atoms with Crippen LogP contribution in [0.3, 0.4) is 0 Å². The van der Waals surface area contributed by atoms with Crippen molar-refractivity contribution >= 4 is 17.4 Å². The van der Waals surface area contributed by atoms with Crippen molar-refractivity contribution in [2.24, 2.45) is 0 Å². The second-order valence-corrected chi connectivity index (χ2v) is 4.23. The number of hydrogen-bond donors (Lipinski definition) is 1. The lowest BCUT2D eigenvalue weighted by molar-refractivity contribution is -0.141. The van der Waals surface area contributed by atoms with Crippen molar-refractivity contribution in [3.63, 3.8) is 0 Å². The second-order valence-electron chi connectivity index (χ2n) is 3.79. The van der Waals surface area contributed by atoms with Gasteiger partial charge < -0.3 is 5.73 Å². The smallest absolute Gasteiger partial charge is 0.384 e. The summed E-state index contributed by atoms with van der Waals surface area (Å²) in [6.07, 6.45) is -4.51. The van der Waals surface area contributed by atoms with Gasteiger partial charge in [0.15, 0.2) is 5.69 Å². The predicted molar refractivity (Wildman–Crippen MR) is 62.7 cm³/mol. The van der Waals surface area contributed by atoms with Gasteiger partial charge in [-0.05, 0) is 30.7 Å². The SMILES string of the molecule is Cc1cc(Cl)ccc1-n1nc(C(F)(F)F)cc1N. The predicted octanol–water partition coefficient (Wildman–Crippen LogP) is 3.44. The molecule has 0 aliphatic rings. The van der Waals surface area contributed by atoms with Crippen LogP contribution in [0.15, 0.2) is 24.3 Å². The normalized spacial score (nSPS) is 11.8. The van der Waals surface area contributed by atoms with Crippen molar-refractivity contribution in [1.29, 1.82) is 0 Å². The van der Waals surface area contributed by atoms with Crippen molar-refractivity contribution < 1.29 is 13.2 Å². The maximum Gasteiger partial charge on any atom is 0.435 e. The highest BCUT2D eigenvalue weighted by atomic mass is 35.5. The summed E-state index contributed by atoms with van der Waals surface area (Å²) in [6, 6.07) is 5.57. The van der Waals surface area contributed by atoms with Gasteiger partial charge >= 0.3 is 6.18 Å². The van der Waals surface area contributed by atoms with Crippen LogP contribution in [0.25, 0.3) is 5.69 Å². The van der Waals surface area contributed by atoms with E-state index in [0.29, 0.717) is 16.3 Å². The van der Waals surface area contributed by atoms with E-state index in [0.717, 1.165) is 10.7 Å². The summed E-state index contributed by atoms with van der Waals surface area (Å²) in [5.74, 6) is -0.0762. The van der Waals surface area contributed by atoms with Crippen molar-refractivity contribution in [2.75, 3.05) is 5.73 Å². The number of rotatable bonds is 1. The molecule has 7 heteroatoms. The minimum atomic E-state index is -4.51. The standard InChI is InChI=1S/C11H9ClF3N3/c1-6-4-7(12)2-3-8(6)18-10(16)5-9(17-18)11(13,14)15/h2-5H,16H2,1H3. The molecule has 0 bridgehead atoms. The molecule has 1 heterocycles. The number of aromatic nitrogens is 2. The van der Waals surface area contributed by atoms with Crippen LogP contribution in [0.1, 0.15) is 11.3 Å². The zero-order valence-corrected chi connectivity index (χ0v) is 10.0. The number of aryl methyl sites for hydroxylation is 1. The second kappa shape index (κ2) is 4.20. The molecular formula is C11H9ClF3N3. The third-order valence-corrected chi connectivity index (χ3v) is 2.65. The van der Waals surface area contributed by atoms with Gasteiger partial charge in [-0.15, -0.1) is 0 Å². The molecule has 0 aliphatic heterocycles. The van der Waals surface area contributed by atoms with Gasteiger partial charge in [0, 0.05) is 11.1 Å². The fourth-order valence-electron chi connectivity index (χ4n) is 1.58. The summed E-state index contributed by atoms with van der Waals surface area (Å²) in [6.45, 7) is 1.72. The first kappa shape index (κ1) is 12.8. The van der Waals surface area contributed by atoms with E-state index in [1.54, 1.807) is 25.1 Å². The van der Waals surface area contributed by atoms with Crippen LogP contribution in [0, 0.1) is 6.92 Å². The molecule has 2 rings (SSSR count). The molecule has 0 saturated carbocycles. The van der Waals surface area contributed by atoms with E-state index >= 15 is 0 Å². The van der Waals surface area contributed by atoms with Crippen LogP contribution >= 0.6 is 11.6 Å². The Morgan fingerprint density at radius 3 is 2.44 bits per heavy atom. The topological polar surface area (TPSA) is 43.8 Å². The minimum absolute atomic E-state index is 0.0762. The van der Waals surface area contributed by atoms with Gasteiger partial charge in [0.1, 0.15) is 5.82 Å². The van der Waals surface area contributed by atoms with E-state index in [4.69, 9.17) is 17.3 Å². The number of nitrogens with zero attached hydrogens (tertiary/aromatic N) is 2. The quantitative estimate of drug-likeness (QED) is 0.866. The van der Waals surface area contributed by atoms with Gasteiger partial charge in [-0.25, -0.2) is 4.68 Å². The molecule has 2 aromatic rings. The molecule has 0 aliphatic carbocycles. The van der Waals surface area contributed by atoms with Crippen LogP contribution in [0.4, 0.5) is 19.0 Å². The van der Waals surface area contributed by atoms with Crippen molar-refractivity contribution in [3.05, 3.63) is 40.5 Å². The molecule has 0 fully saturated rings. The van der Waals surface area contributed by atoms with Crippen LogP contribution in [0.5, 0.6) is 0 Å². The Morgan fingerprint density at radius 2 is 1.94 bits per heavy atom. The lowest BCUT2D eigenvalue weighted by Gasteiger charge is -2.08. The summed E-state index contributed by atoms with van der Waals surface area (Å²) in [7, 11) is 0. The van der Waals surface area contributed by atoms with Gasteiger partial charge in [0.2, 0.25) is 0 Å². The molecule has 0 radical (unpaired) electrons. The van der Waals surface area contributed by atoms with E-state index in [1.807, 2.05) is 0 Å². The molecule has 18 heavy (non-hydrogen) atoms. The maximum absolute atomic E-state index is 12.5. The molecule has 0 atom stereocenters. The number of hydrogen-bond acceptors (Lipinski definition) is 2. The number of nitrogen functional groups attached to an aromatic ring is 1. The number of benzene rings is 1. The molecule has 3 nitrogen and oxygen atoms in total. The Labute approximate surface area is 106 Å². The number of halogens is 4. The first-order valence-corrected chi connectivity index (χ1v) is 5.36. The first-order chi connectivity index (χ1) is 8.29. The van der Waals surface area contributed by atoms with Crippen molar-refractivity contribution in [3.8, 4) is 5.69 Å². The highest BCUT2D eigenvalue weighted by molar-refractivity contribution is 6.30. The monoisotopic (exact) mass is 275 g/mol. The van der Waals surface area contributed by atoms with Crippen LogP contribution in [-0.4, -0.2) is 9.78 Å². The Morgan fingerprint density at radius 1 is 1.28 bits per heavy atom. The highest BCUT2D eigenvalue weighted by Gasteiger charge is 2.34. The van der Waals surface area contributed by atoms with Gasteiger partial charge in [-0.1, -0.05) is 11.6 Å². The van der Waals surface area contributed by atoms with Gasteiger partial charge in [-0.2, -0.15) is 18.3 Å². The third kappa shape index (κ3) is 2.28. The lowest BCUT2D eigenvalue weighted by Crippen LogP contribution is -2.08. The van der Waals surface area contributed by atoms with Crippen LogP contribution < -0.4 is 5.73 Å². The fourth-order valence-corrected chi connectivity index (χ4v) is 1.81. The Hall–Kier alpha value is -1.69. The van der Waals surface area contributed by atoms with Gasteiger partial charge in [-0.3, -0.25) is 0 Å². The number of anilines is 1. The Bertz CT molecular complexity index is 590. The Kier molecular flexibility index (Phi) is 2.98. The zero-order chi connectivity index (χ0) is 13.5. The molecule has 1 aromatic heterocycles. The van der Waals surface area contributed by atoms with Gasteiger partial charge in [0.25, 0.3) is 0 Å². The van der Waals surface area contributed by atoms with E-state index in [9.17, 15) is 13.2 Å². The summed E-state index contributed by atoms with van der Waals surface area (Å²) in [5.41, 5.74) is 5.68. The summed E-state index contributed by atoms with van der Waals surface area (Å²) < 4.78 is 38.6. The fraction of sp³-hybridized carbons (Fsp3) is 0.182. The summed E-state index contributed by atoms with van der Waals surface area (Å²) in [5, 5.41) is 3.96. The highest BCUT2D eigenvalue weighted by Crippen LogP contribution is 2.31. The zero-order valence-electron chi connectivity index (χ0n) is 9.29. The summed E-state index contributed by atoms with van der Waals surface area (Å²) in [4.78, 5) is 0. The maximum atomic E-state index is 12.5. The molecule has 0 amide bonds. The van der Waals surface area contributed by atoms with E-state index < -0.39 is 11.9 Å². The van der Waals surface area contributed by atoms with Crippen molar-refractivity contribution in [1.82, 2.24) is 9.78 Å². The molecule has 2 N–H and O–H groups in total. The van der Waals surface area contributed by atoms with Crippen LogP contribution in [0.2, 0.25) is 5.02 Å². The summed E-state index contributed by atoms with van der Waals surface area (Å²) >= 11 is 5.78. The average Bonchev–Trinajstić information content (AvgIpc) is 2.60. The van der Waals surface area contributed by atoms with Crippen LogP contribution in [-0.2, 0) is 6.18 Å². The first-order valence-electron chi connectivity index (χ1n) is 4.98. The number of nitrogens with two attached hydrogens (primary N) is 1. The molecule has 0 unspecified atom stereocenters. The minimum Gasteiger partial charge on any atom is -0.384 e. The molecular weight excluding hydrogens is 267 g/mol. The number of alkyl halides is 3. The largest absolute Gasteiger partial charge is 0.435 e.